The molecule has 1 amide bonds. The standard InChI is InChI=1S/C16H20N2O6S/c1-12(19)11-24-16(21)14-4-3-5-15(10-14)25(22,23)18-8-6-17(7-9-18)13(2)20/h3-5,10H,6-9,11H2,1-2H3. The number of hydrogen-bond acceptors (Lipinski definition) is 6. The molecule has 2 rings (SSSR count). The SMILES string of the molecule is CC(=O)COC(=O)c1cccc(S(=O)(=O)N2CCN(C(C)=O)CC2)c1. The second-order valence-corrected chi connectivity index (χ2v) is 7.65. The van der Waals surface area contributed by atoms with Gasteiger partial charge in [-0.2, -0.15) is 4.31 Å². The smallest absolute Gasteiger partial charge is 0.338 e. The van der Waals surface area contributed by atoms with Crippen LogP contribution in [0.1, 0.15) is 24.2 Å². The van der Waals surface area contributed by atoms with Gasteiger partial charge in [0.2, 0.25) is 15.9 Å². The van der Waals surface area contributed by atoms with E-state index in [1.807, 2.05) is 0 Å². The molecular weight excluding hydrogens is 348 g/mol. The normalized spacial score (nSPS) is 15.7. The first-order valence-electron chi connectivity index (χ1n) is 7.74. The van der Waals surface area contributed by atoms with Gasteiger partial charge in [-0.3, -0.25) is 9.59 Å². The van der Waals surface area contributed by atoms with E-state index in [0.717, 1.165) is 0 Å². The van der Waals surface area contributed by atoms with E-state index in [-0.39, 0.29) is 41.8 Å². The average molecular weight is 368 g/mol. The maximum Gasteiger partial charge on any atom is 0.338 e. The summed E-state index contributed by atoms with van der Waals surface area (Å²) in [6.07, 6.45) is 0. The molecule has 0 atom stereocenters. The summed E-state index contributed by atoms with van der Waals surface area (Å²) in [6, 6.07) is 5.50. The number of nitrogens with zero attached hydrogens (tertiary/aromatic N) is 2. The maximum atomic E-state index is 12.7. The van der Waals surface area contributed by atoms with Gasteiger partial charge >= 0.3 is 5.97 Å². The maximum absolute atomic E-state index is 12.7. The average Bonchev–Trinajstić information content (AvgIpc) is 2.59. The quantitative estimate of drug-likeness (QED) is 0.692. The molecule has 1 aromatic carbocycles. The van der Waals surface area contributed by atoms with Crippen molar-refractivity contribution in [3.63, 3.8) is 0 Å². The van der Waals surface area contributed by atoms with Crippen LogP contribution < -0.4 is 0 Å². The Morgan fingerprint density at radius 3 is 2.28 bits per heavy atom. The van der Waals surface area contributed by atoms with Crippen molar-refractivity contribution >= 4 is 27.7 Å². The molecule has 1 aliphatic heterocycles. The lowest BCUT2D eigenvalue weighted by Gasteiger charge is -2.33. The van der Waals surface area contributed by atoms with Crippen LogP contribution in [0.25, 0.3) is 0 Å². The fourth-order valence-corrected chi connectivity index (χ4v) is 3.90. The number of carbonyl (C=O) groups excluding carboxylic acids is 3. The lowest BCUT2D eigenvalue weighted by molar-refractivity contribution is -0.130. The summed E-state index contributed by atoms with van der Waals surface area (Å²) in [7, 11) is -3.78. The number of esters is 1. The van der Waals surface area contributed by atoms with E-state index in [2.05, 4.69) is 0 Å². The zero-order valence-electron chi connectivity index (χ0n) is 14.1. The number of rotatable bonds is 5. The third-order valence-electron chi connectivity index (χ3n) is 3.80. The van der Waals surface area contributed by atoms with Crippen LogP contribution >= 0.6 is 0 Å². The Kier molecular flexibility index (Phi) is 5.91. The number of Topliss-reactive ketones (excluding diaryl/α,β-unsaturated/α-hetero) is 1. The van der Waals surface area contributed by atoms with Crippen molar-refractivity contribution in [2.24, 2.45) is 0 Å². The first-order valence-corrected chi connectivity index (χ1v) is 9.18. The van der Waals surface area contributed by atoms with E-state index in [0.29, 0.717) is 13.1 Å². The number of sulfonamides is 1. The van der Waals surface area contributed by atoms with Crippen molar-refractivity contribution in [2.45, 2.75) is 18.7 Å². The molecule has 0 aliphatic carbocycles. The van der Waals surface area contributed by atoms with Gasteiger partial charge in [0, 0.05) is 33.1 Å². The zero-order valence-corrected chi connectivity index (χ0v) is 14.9. The summed E-state index contributed by atoms with van der Waals surface area (Å²) in [5.41, 5.74) is 0.0599. The van der Waals surface area contributed by atoms with Crippen LogP contribution in [-0.4, -0.2) is 68.1 Å². The topological polar surface area (TPSA) is 101 Å². The molecule has 0 unspecified atom stereocenters. The van der Waals surface area contributed by atoms with E-state index in [1.165, 1.54) is 42.4 Å². The Labute approximate surface area is 146 Å². The minimum atomic E-state index is -3.78. The van der Waals surface area contributed by atoms with Crippen molar-refractivity contribution in [3.05, 3.63) is 29.8 Å². The van der Waals surface area contributed by atoms with Crippen molar-refractivity contribution in [1.82, 2.24) is 9.21 Å². The van der Waals surface area contributed by atoms with Crippen molar-refractivity contribution in [2.75, 3.05) is 32.8 Å². The fourth-order valence-electron chi connectivity index (χ4n) is 2.43. The van der Waals surface area contributed by atoms with Crippen molar-refractivity contribution < 1.29 is 27.5 Å². The summed E-state index contributed by atoms with van der Waals surface area (Å²) in [5, 5.41) is 0. The van der Waals surface area contributed by atoms with Crippen LogP contribution in [0.3, 0.4) is 0 Å². The molecule has 0 aromatic heterocycles. The zero-order chi connectivity index (χ0) is 18.6. The molecule has 1 aliphatic rings. The molecule has 9 heteroatoms. The van der Waals surface area contributed by atoms with Gasteiger partial charge in [-0.15, -0.1) is 0 Å². The largest absolute Gasteiger partial charge is 0.454 e. The van der Waals surface area contributed by atoms with Gasteiger partial charge in [0.05, 0.1) is 10.5 Å². The van der Waals surface area contributed by atoms with Gasteiger partial charge in [0.15, 0.2) is 5.78 Å². The van der Waals surface area contributed by atoms with E-state index in [1.54, 1.807) is 4.90 Å². The summed E-state index contributed by atoms with van der Waals surface area (Å²) in [4.78, 5) is 35.7. The summed E-state index contributed by atoms with van der Waals surface area (Å²) >= 11 is 0. The molecule has 1 fully saturated rings. The van der Waals surface area contributed by atoms with Gasteiger partial charge in [-0.25, -0.2) is 13.2 Å². The number of amides is 1. The van der Waals surface area contributed by atoms with Crippen LogP contribution in [0.4, 0.5) is 0 Å². The number of ketones is 1. The number of carbonyl (C=O) groups is 3. The van der Waals surface area contributed by atoms with Gasteiger partial charge < -0.3 is 9.64 Å². The molecule has 0 saturated carbocycles. The first kappa shape index (κ1) is 19.1. The summed E-state index contributed by atoms with van der Waals surface area (Å²) in [5.74, 6) is -1.15. The fraction of sp³-hybridized carbons (Fsp3) is 0.438. The first-order chi connectivity index (χ1) is 11.7. The predicted octanol–water partition coefficient (Wildman–Crippen LogP) is 0.285. The molecule has 136 valence electrons. The highest BCUT2D eigenvalue weighted by molar-refractivity contribution is 7.89. The number of piperazine rings is 1. The van der Waals surface area contributed by atoms with Crippen LogP contribution in [0.5, 0.6) is 0 Å². The number of hydrogen-bond donors (Lipinski definition) is 0. The van der Waals surface area contributed by atoms with E-state index < -0.39 is 16.0 Å². The molecule has 1 saturated heterocycles. The molecule has 25 heavy (non-hydrogen) atoms. The molecule has 0 bridgehead atoms. The van der Waals surface area contributed by atoms with Gasteiger partial charge in [0.25, 0.3) is 0 Å². The van der Waals surface area contributed by atoms with Crippen molar-refractivity contribution in [1.29, 1.82) is 0 Å². The molecule has 1 heterocycles. The van der Waals surface area contributed by atoms with Gasteiger partial charge in [-0.05, 0) is 25.1 Å². The third kappa shape index (κ3) is 4.64. The van der Waals surface area contributed by atoms with Crippen LogP contribution in [0.2, 0.25) is 0 Å². The summed E-state index contributed by atoms with van der Waals surface area (Å²) < 4.78 is 31.5. The van der Waals surface area contributed by atoms with Crippen molar-refractivity contribution in [3.8, 4) is 0 Å². The Morgan fingerprint density at radius 2 is 1.72 bits per heavy atom. The lowest BCUT2D eigenvalue weighted by Crippen LogP contribution is -2.49. The summed E-state index contributed by atoms with van der Waals surface area (Å²) in [6.45, 7) is 3.42. The van der Waals surface area contributed by atoms with E-state index in [4.69, 9.17) is 4.74 Å². The predicted molar refractivity (Wildman–Crippen MR) is 88.4 cm³/mol. The minimum absolute atomic E-state index is 0.0268. The Hall–Kier alpha value is -2.26. The van der Waals surface area contributed by atoms with Crippen LogP contribution in [0.15, 0.2) is 29.2 Å². The van der Waals surface area contributed by atoms with Crippen LogP contribution in [0, 0.1) is 0 Å². The molecular formula is C16H20N2O6S. The van der Waals surface area contributed by atoms with E-state index in [9.17, 15) is 22.8 Å². The third-order valence-corrected chi connectivity index (χ3v) is 5.69. The number of benzene rings is 1. The monoisotopic (exact) mass is 368 g/mol. The van der Waals surface area contributed by atoms with Gasteiger partial charge in [0.1, 0.15) is 6.61 Å². The second-order valence-electron chi connectivity index (χ2n) is 5.72. The van der Waals surface area contributed by atoms with E-state index >= 15 is 0 Å². The molecule has 0 spiro atoms. The Morgan fingerprint density at radius 1 is 1.08 bits per heavy atom. The molecule has 8 nitrogen and oxygen atoms in total. The van der Waals surface area contributed by atoms with Gasteiger partial charge in [-0.1, -0.05) is 6.07 Å². The number of ether oxygens (including phenoxy) is 1. The highest BCUT2D eigenvalue weighted by atomic mass is 32.2. The van der Waals surface area contributed by atoms with Crippen LogP contribution in [-0.2, 0) is 24.3 Å². The highest BCUT2D eigenvalue weighted by Crippen LogP contribution is 2.19. The molecule has 0 radical (unpaired) electrons. The Balaban J connectivity index is 2.15. The minimum Gasteiger partial charge on any atom is -0.454 e. The molecule has 0 N–H and O–H groups in total. The molecule has 1 aromatic rings. The lowest BCUT2D eigenvalue weighted by atomic mass is 10.2. The highest BCUT2D eigenvalue weighted by Gasteiger charge is 2.29. The second kappa shape index (κ2) is 7.75. The Bertz CT molecular complexity index is 782.